The van der Waals surface area contributed by atoms with Gasteiger partial charge >= 0.3 is 0 Å². The van der Waals surface area contributed by atoms with Crippen LogP contribution < -0.4 is 11.1 Å². The number of aryl methyl sites for hydroxylation is 1. The second-order valence-electron chi connectivity index (χ2n) is 5.10. The zero-order chi connectivity index (χ0) is 13.0. The van der Waals surface area contributed by atoms with Crippen molar-refractivity contribution in [1.82, 2.24) is 20.1 Å². The standard InChI is InChI=1S/C12H22N6.HI/c1-9(2)5-6-14-12(13)15-8-11-17-16-10-4-3-7-18(10)11;/h9H,3-8H2,1-2H3,(H3,13,14,15);1H. The summed E-state index contributed by atoms with van der Waals surface area (Å²) in [5.41, 5.74) is 5.80. The van der Waals surface area contributed by atoms with Crippen LogP contribution in [0.1, 0.15) is 38.3 Å². The molecule has 0 saturated heterocycles. The molecule has 0 unspecified atom stereocenters. The van der Waals surface area contributed by atoms with E-state index in [1.807, 2.05) is 0 Å². The first kappa shape index (κ1) is 16.2. The highest BCUT2D eigenvalue weighted by Gasteiger charge is 2.16. The number of fused-ring (bicyclic) bond motifs is 1. The number of rotatable bonds is 5. The zero-order valence-corrected chi connectivity index (χ0v) is 13.9. The fourth-order valence-corrected chi connectivity index (χ4v) is 2.03. The molecule has 0 spiro atoms. The van der Waals surface area contributed by atoms with Gasteiger partial charge in [0, 0.05) is 19.5 Å². The molecule has 0 aromatic carbocycles. The molecule has 19 heavy (non-hydrogen) atoms. The molecule has 1 aliphatic heterocycles. The van der Waals surface area contributed by atoms with E-state index in [0.717, 1.165) is 44.0 Å². The van der Waals surface area contributed by atoms with Gasteiger partial charge in [0.1, 0.15) is 12.4 Å². The molecule has 0 atom stereocenters. The van der Waals surface area contributed by atoms with Gasteiger partial charge in [-0.3, -0.25) is 0 Å². The summed E-state index contributed by atoms with van der Waals surface area (Å²) in [6, 6.07) is 0. The quantitative estimate of drug-likeness (QED) is 0.460. The van der Waals surface area contributed by atoms with Crippen molar-refractivity contribution in [2.45, 2.75) is 46.2 Å². The Balaban J connectivity index is 0.00000180. The second kappa shape index (κ2) is 7.66. The van der Waals surface area contributed by atoms with Crippen molar-refractivity contribution in [2.24, 2.45) is 16.6 Å². The monoisotopic (exact) mass is 378 g/mol. The summed E-state index contributed by atoms with van der Waals surface area (Å²) in [4.78, 5) is 4.30. The lowest BCUT2D eigenvalue weighted by Gasteiger charge is -2.07. The van der Waals surface area contributed by atoms with Crippen LogP contribution in [0.5, 0.6) is 0 Å². The van der Waals surface area contributed by atoms with Gasteiger partial charge < -0.3 is 15.6 Å². The Hall–Kier alpha value is -0.860. The molecule has 108 valence electrons. The molecule has 2 heterocycles. The van der Waals surface area contributed by atoms with Crippen LogP contribution in [0.2, 0.25) is 0 Å². The van der Waals surface area contributed by atoms with E-state index >= 15 is 0 Å². The van der Waals surface area contributed by atoms with E-state index < -0.39 is 0 Å². The van der Waals surface area contributed by atoms with E-state index in [1.165, 1.54) is 0 Å². The number of hydrogen-bond acceptors (Lipinski definition) is 3. The fraction of sp³-hybridized carbons (Fsp3) is 0.750. The van der Waals surface area contributed by atoms with E-state index in [0.29, 0.717) is 18.4 Å². The van der Waals surface area contributed by atoms with Crippen LogP contribution in [0.3, 0.4) is 0 Å². The number of halogens is 1. The number of nitrogens with zero attached hydrogens (tertiary/aromatic N) is 4. The molecule has 1 aliphatic rings. The number of guanidine groups is 1. The third-order valence-electron chi connectivity index (χ3n) is 3.10. The molecule has 7 heteroatoms. The smallest absolute Gasteiger partial charge is 0.189 e. The Bertz CT molecular complexity index is 426. The Morgan fingerprint density at radius 2 is 2.26 bits per heavy atom. The van der Waals surface area contributed by atoms with Crippen molar-refractivity contribution in [1.29, 1.82) is 0 Å². The number of aromatic nitrogens is 3. The predicted molar refractivity (Wildman–Crippen MR) is 86.5 cm³/mol. The minimum Gasteiger partial charge on any atom is -0.370 e. The van der Waals surface area contributed by atoms with Crippen LogP contribution in [0.15, 0.2) is 4.99 Å². The molecule has 1 aromatic rings. The molecule has 1 aromatic heterocycles. The van der Waals surface area contributed by atoms with Gasteiger partial charge in [0.25, 0.3) is 0 Å². The van der Waals surface area contributed by atoms with Gasteiger partial charge in [0.2, 0.25) is 0 Å². The average Bonchev–Trinajstić information content (AvgIpc) is 2.88. The topological polar surface area (TPSA) is 81.1 Å². The summed E-state index contributed by atoms with van der Waals surface area (Å²) < 4.78 is 2.14. The van der Waals surface area contributed by atoms with Crippen LogP contribution in [-0.4, -0.2) is 27.3 Å². The maximum Gasteiger partial charge on any atom is 0.189 e. The third kappa shape index (κ3) is 4.63. The number of aliphatic imine (C=N–C) groups is 1. The summed E-state index contributed by atoms with van der Waals surface area (Å²) >= 11 is 0. The average molecular weight is 378 g/mol. The number of hydrogen-bond donors (Lipinski definition) is 2. The lowest BCUT2D eigenvalue weighted by atomic mass is 10.1. The molecule has 0 aliphatic carbocycles. The first-order valence-corrected chi connectivity index (χ1v) is 6.61. The van der Waals surface area contributed by atoms with E-state index in [1.54, 1.807) is 0 Å². The molecule has 0 radical (unpaired) electrons. The van der Waals surface area contributed by atoms with Gasteiger partial charge in [0.15, 0.2) is 11.8 Å². The molecule has 3 N–H and O–H groups in total. The van der Waals surface area contributed by atoms with E-state index in [2.05, 4.69) is 38.9 Å². The van der Waals surface area contributed by atoms with Gasteiger partial charge in [-0.25, -0.2) is 4.99 Å². The number of nitrogens with one attached hydrogen (secondary N) is 1. The summed E-state index contributed by atoms with van der Waals surface area (Å²) in [5.74, 6) is 3.15. The van der Waals surface area contributed by atoms with Crippen LogP contribution in [0.4, 0.5) is 0 Å². The second-order valence-corrected chi connectivity index (χ2v) is 5.10. The van der Waals surface area contributed by atoms with Crippen LogP contribution in [0.25, 0.3) is 0 Å². The minimum absolute atomic E-state index is 0. The molecule has 2 rings (SSSR count). The Kier molecular flexibility index (Phi) is 6.53. The van der Waals surface area contributed by atoms with Gasteiger partial charge in [-0.2, -0.15) is 0 Å². The van der Waals surface area contributed by atoms with Gasteiger partial charge in [-0.1, -0.05) is 13.8 Å². The van der Waals surface area contributed by atoms with Crippen molar-refractivity contribution >= 4 is 29.9 Å². The summed E-state index contributed by atoms with van der Waals surface area (Å²) in [5, 5.41) is 11.4. The van der Waals surface area contributed by atoms with Crippen molar-refractivity contribution in [3.63, 3.8) is 0 Å². The minimum atomic E-state index is 0. The van der Waals surface area contributed by atoms with Crippen molar-refractivity contribution < 1.29 is 0 Å². The third-order valence-corrected chi connectivity index (χ3v) is 3.10. The molecule has 0 bridgehead atoms. The highest BCUT2D eigenvalue weighted by Crippen LogP contribution is 2.14. The summed E-state index contributed by atoms with van der Waals surface area (Å²) in [6.45, 7) is 6.76. The predicted octanol–water partition coefficient (Wildman–Crippen LogP) is 1.29. The maximum atomic E-state index is 5.80. The van der Waals surface area contributed by atoms with Crippen molar-refractivity contribution in [3.8, 4) is 0 Å². The molecule has 0 amide bonds. The summed E-state index contributed by atoms with van der Waals surface area (Å²) in [6.07, 6.45) is 3.28. The lowest BCUT2D eigenvalue weighted by molar-refractivity contribution is 0.576. The highest BCUT2D eigenvalue weighted by molar-refractivity contribution is 14.0. The van der Waals surface area contributed by atoms with E-state index in [4.69, 9.17) is 5.73 Å². The van der Waals surface area contributed by atoms with Crippen LogP contribution in [0, 0.1) is 5.92 Å². The SMILES string of the molecule is CC(C)CCNC(N)=NCc1nnc2n1CCC2.I. The molecule has 0 saturated carbocycles. The molecular weight excluding hydrogens is 355 g/mol. The van der Waals surface area contributed by atoms with Gasteiger partial charge in [-0.15, -0.1) is 34.2 Å². The zero-order valence-electron chi connectivity index (χ0n) is 11.6. The van der Waals surface area contributed by atoms with Crippen molar-refractivity contribution in [2.75, 3.05) is 6.54 Å². The maximum absolute atomic E-state index is 5.80. The molecule has 6 nitrogen and oxygen atoms in total. The number of nitrogens with two attached hydrogens (primary N) is 1. The Morgan fingerprint density at radius 3 is 3.00 bits per heavy atom. The van der Waals surface area contributed by atoms with Crippen molar-refractivity contribution in [3.05, 3.63) is 11.6 Å². The largest absolute Gasteiger partial charge is 0.370 e. The first-order chi connectivity index (χ1) is 8.66. The normalized spacial score (nSPS) is 14.4. The van der Waals surface area contributed by atoms with E-state index in [9.17, 15) is 0 Å². The highest BCUT2D eigenvalue weighted by atomic mass is 127. The van der Waals surface area contributed by atoms with Crippen LogP contribution in [-0.2, 0) is 19.5 Å². The molecular formula is C12H23IN6. The Morgan fingerprint density at radius 1 is 1.47 bits per heavy atom. The summed E-state index contributed by atoms with van der Waals surface area (Å²) in [7, 11) is 0. The van der Waals surface area contributed by atoms with Crippen LogP contribution >= 0.6 is 24.0 Å². The van der Waals surface area contributed by atoms with Gasteiger partial charge in [-0.05, 0) is 18.8 Å². The lowest BCUT2D eigenvalue weighted by Crippen LogP contribution is -2.33. The Labute approximate surface area is 131 Å². The fourth-order valence-electron chi connectivity index (χ4n) is 2.03. The van der Waals surface area contributed by atoms with Gasteiger partial charge in [0.05, 0.1) is 0 Å². The first-order valence-electron chi connectivity index (χ1n) is 6.61. The van der Waals surface area contributed by atoms with E-state index in [-0.39, 0.29) is 24.0 Å². The molecule has 0 fully saturated rings.